The van der Waals surface area contributed by atoms with Crippen LogP contribution in [-0.2, 0) is 14.3 Å². The molecule has 1 saturated heterocycles. The number of nitrogens with zero attached hydrogens (tertiary/aromatic N) is 1. The summed E-state index contributed by atoms with van der Waals surface area (Å²) in [6.07, 6.45) is 0.429. The van der Waals surface area contributed by atoms with Crippen LogP contribution in [0.1, 0.15) is 26.2 Å². The summed E-state index contributed by atoms with van der Waals surface area (Å²) in [7, 11) is 1.31. The molecule has 0 aromatic carbocycles. The molecular formula is C12H19NO5. The molecule has 1 aliphatic heterocycles. The van der Waals surface area contributed by atoms with Crippen molar-refractivity contribution in [2.45, 2.75) is 26.2 Å². The molecule has 18 heavy (non-hydrogen) atoms. The number of ether oxygens (including phenoxy) is 1. The molecule has 1 rings (SSSR count). The van der Waals surface area contributed by atoms with Crippen molar-refractivity contribution in [1.29, 1.82) is 0 Å². The Morgan fingerprint density at radius 3 is 2.28 bits per heavy atom. The van der Waals surface area contributed by atoms with Gasteiger partial charge in [-0.25, -0.2) is 4.79 Å². The van der Waals surface area contributed by atoms with Gasteiger partial charge in [-0.3, -0.25) is 4.79 Å². The van der Waals surface area contributed by atoms with E-state index in [2.05, 4.69) is 0 Å². The predicted octanol–water partition coefficient (Wildman–Crippen LogP) is 1.14. The van der Waals surface area contributed by atoms with Crippen molar-refractivity contribution < 1.29 is 24.2 Å². The maximum absolute atomic E-state index is 11.7. The molecule has 0 radical (unpaired) electrons. The van der Waals surface area contributed by atoms with E-state index in [0.29, 0.717) is 25.9 Å². The van der Waals surface area contributed by atoms with E-state index in [1.54, 1.807) is 0 Å². The van der Waals surface area contributed by atoms with Crippen molar-refractivity contribution in [2.75, 3.05) is 20.2 Å². The van der Waals surface area contributed by atoms with Crippen molar-refractivity contribution >= 4 is 17.8 Å². The van der Waals surface area contributed by atoms with Crippen LogP contribution in [0, 0.1) is 11.8 Å². The lowest BCUT2D eigenvalue weighted by atomic mass is 9.81. The smallest absolute Gasteiger partial charge is 0.407 e. The lowest BCUT2D eigenvalue weighted by molar-refractivity contribution is -0.149. The van der Waals surface area contributed by atoms with Gasteiger partial charge in [-0.05, 0) is 25.7 Å². The maximum atomic E-state index is 11.7. The Kier molecular flexibility index (Phi) is 5.12. The highest BCUT2D eigenvalue weighted by atomic mass is 16.5. The van der Waals surface area contributed by atoms with Gasteiger partial charge in [0.2, 0.25) is 0 Å². The van der Waals surface area contributed by atoms with Crippen LogP contribution in [-0.4, -0.2) is 48.1 Å². The number of ketones is 1. The van der Waals surface area contributed by atoms with E-state index < -0.39 is 12.0 Å². The lowest BCUT2D eigenvalue weighted by Crippen LogP contribution is -2.41. The Bertz CT molecular complexity index is 333. The Hall–Kier alpha value is -1.59. The minimum absolute atomic E-state index is 0.0250. The molecule has 1 heterocycles. The Morgan fingerprint density at radius 1 is 1.33 bits per heavy atom. The van der Waals surface area contributed by atoms with Crippen molar-refractivity contribution in [2.24, 2.45) is 11.8 Å². The van der Waals surface area contributed by atoms with Gasteiger partial charge in [0.25, 0.3) is 0 Å². The summed E-state index contributed by atoms with van der Waals surface area (Å²) in [4.78, 5) is 34.9. The number of carboxylic acid groups (broad SMARTS) is 1. The molecule has 1 fully saturated rings. The quantitative estimate of drug-likeness (QED) is 0.763. The van der Waals surface area contributed by atoms with E-state index in [-0.39, 0.29) is 24.1 Å². The zero-order chi connectivity index (χ0) is 13.7. The van der Waals surface area contributed by atoms with Gasteiger partial charge in [0.15, 0.2) is 0 Å². The Morgan fingerprint density at radius 2 is 1.89 bits per heavy atom. The average molecular weight is 257 g/mol. The molecule has 0 aliphatic carbocycles. The van der Waals surface area contributed by atoms with E-state index in [4.69, 9.17) is 9.84 Å². The predicted molar refractivity (Wildman–Crippen MR) is 63.1 cm³/mol. The molecule has 1 aliphatic rings. The molecule has 1 atom stereocenters. The number of Topliss-reactive ketones (excluding diaryl/α,β-unsaturated/α-hetero) is 1. The summed E-state index contributed by atoms with van der Waals surface area (Å²) in [6, 6.07) is 0. The SMILES string of the molecule is COC(=O)C(CC(C)=O)C1CCN(C(=O)O)CC1. The maximum Gasteiger partial charge on any atom is 0.407 e. The molecule has 1 amide bonds. The van der Waals surface area contributed by atoms with Gasteiger partial charge in [0.05, 0.1) is 13.0 Å². The van der Waals surface area contributed by atoms with Crippen LogP contribution in [0.25, 0.3) is 0 Å². The summed E-state index contributed by atoms with van der Waals surface area (Å²) >= 11 is 0. The van der Waals surface area contributed by atoms with Crippen molar-refractivity contribution in [3.05, 3.63) is 0 Å². The molecule has 1 unspecified atom stereocenters. The fourth-order valence-electron chi connectivity index (χ4n) is 2.40. The molecule has 1 N–H and O–H groups in total. The zero-order valence-electron chi connectivity index (χ0n) is 10.7. The van der Waals surface area contributed by atoms with Gasteiger partial charge in [-0.2, -0.15) is 0 Å². The van der Waals surface area contributed by atoms with Crippen LogP contribution in [0.4, 0.5) is 4.79 Å². The number of carbonyl (C=O) groups is 3. The second-order valence-corrected chi connectivity index (χ2v) is 4.64. The van der Waals surface area contributed by atoms with Crippen LogP contribution < -0.4 is 0 Å². The molecule has 0 aromatic rings. The number of likely N-dealkylation sites (tertiary alicyclic amines) is 1. The zero-order valence-corrected chi connectivity index (χ0v) is 10.7. The first-order chi connectivity index (χ1) is 8.45. The average Bonchev–Trinajstić information content (AvgIpc) is 2.35. The Balaban J connectivity index is 2.62. The van der Waals surface area contributed by atoms with Crippen LogP contribution >= 0.6 is 0 Å². The molecule has 102 valence electrons. The van der Waals surface area contributed by atoms with E-state index in [1.165, 1.54) is 18.9 Å². The first-order valence-corrected chi connectivity index (χ1v) is 6.00. The van der Waals surface area contributed by atoms with E-state index in [0.717, 1.165) is 0 Å². The van der Waals surface area contributed by atoms with Gasteiger partial charge < -0.3 is 19.5 Å². The topological polar surface area (TPSA) is 83.9 Å². The molecule has 0 bridgehead atoms. The number of carbonyl (C=O) groups excluding carboxylic acids is 2. The first kappa shape index (κ1) is 14.5. The van der Waals surface area contributed by atoms with E-state index in [9.17, 15) is 14.4 Å². The summed E-state index contributed by atoms with van der Waals surface area (Å²) in [5, 5.41) is 8.84. The molecule has 0 saturated carbocycles. The minimum atomic E-state index is -0.936. The number of methoxy groups -OCH3 is 1. The van der Waals surface area contributed by atoms with E-state index >= 15 is 0 Å². The molecular weight excluding hydrogens is 238 g/mol. The minimum Gasteiger partial charge on any atom is -0.469 e. The third kappa shape index (κ3) is 3.72. The number of piperidine rings is 1. The van der Waals surface area contributed by atoms with Crippen LogP contribution in [0.15, 0.2) is 0 Å². The van der Waals surface area contributed by atoms with Crippen LogP contribution in [0.5, 0.6) is 0 Å². The summed E-state index contributed by atoms with van der Waals surface area (Å²) < 4.78 is 4.72. The molecule has 6 nitrogen and oxygen atoms in total. The highest BCUT2D eigenvalue weighted by Crippen LogP contribution is 2.28. The monoisotopic (exact) mass is 257 g/mol. The van der Waals surface area contributed by atoms with Gasteiger partial charge in [0.1, 0.15) is 5.78 Å². The second-order valence-electron chi connectivity index (χ2n) is 4.64. The number of amides is 1. The third-order valence-corrected chi connectivity index (χ3v) is 3.39. The van der Waals surface area contributed by atoms with Crippen LogP contribution in [0.3, 0.4) is 0 Å². The van der Waals surface area contributed by atoms with Gasteiger partial charge in [-0.1, -0.05) is 0 Å². The highest BCUT2D eigenvalue weighted by molar-refractivity contribution is 5.83. The van der Waals surface area contributed by atoms with Crippen LogP contribution in [0.2, 0.25) is 0 Å². The fraction of sp³-hybridized carbons (Fsp3) is 0.750. The highest BCUT2D eigenvalue weighted by Gasteiger charge is 2.33. The summed E-state index contributed by atoms with van der Waals surface area (Å²) in [5.41, 5.74) is 0. The van der Waals surface area contributed by atoms with Gasteiger partial charge in [-0.15, -0.1) is 0 Å². The van der Waals surface area contributed by atoms with Gasteiger partial charge in [0, 0.05) is 19.5 Å². The number of esters is 1. The molecule has 0 aromatic heterocycles. The number of hydrogen-bond acceptors (Lipinski definition) is 4. The second kappa shape index (κ2) is 6.37. The summed E-state index contributed by atoms with van der Waals surface area (Å²) in [6.45, 7) is 2.26. The Labute approximate surface area is 106 Å². The van der Waals surface area contributed by atoms with Gasteiger partial charge >= 0.3 is 12.1 Å². The largest absolute Gasteiger partial charge is 0.469 e. The lowest BCUT2D eigenvalue weighted by Gasteiger charge is -2.33. The van der Waals surface area contributed by atoms with Crippen molar-refractivity contribution in [1.82, 2.24) is 4.90 Å². The normalized spacial score (nSPS) is 18.2. The van der Waals surface area contributed by atoms with E-state index in [1.807, 2.05) is 0 Å². The fourth-order valence-corrected chi connectivity index (χ4v) is 2.40. The third-order valence-electron chi connectivity index (χ3n) is 3.39. The van der Waals surface area contributed by atoms with Crippen molar-refractivity contribution in [3.8, 4) is 0 Å². The van der Waals surface area contributed by atoms with Crippen molar-refractivity contribution in [3.63, 3.8) is 0 Å². The first-order valence-electron chi connectivity index (χ1n) is 6.00. The molecule has 0 spiro atoms. The molecule has 6 heteroatoms. The number of rotatable bonds is 4. The standard InChI is InChI=1S/C12H19NO5/c1-8(14)7-10(11(15)18-2)9-3-5-13(6-4-9)12(16)17/h9-10H,3-7H2,1-2H3,(H,16,17). The number of hydrogen-bond donors (Lipinski definition) is 1. The summed E-state index contributed by atoms with van der Waals surface area (Å²) in [5.74, 6) is -0.842.